The van der Waals surface area contributed by atoms with Crippen LogP contribution in [0.5, 0.6) is 11.5 Å². The molecule has 2 aliphatic heterocycles. The van der Waals surface area contributed by atoms with Crippen molar-refractivity contribution >= 4 is 140 Å². The third-order valence-corrected chi connectivity index (χ3v) is 24.6. The fourth-order valence-corrected chi connectivity index (χ4v) is 17.1. The fourth-order valence-electron chi connectivity index (χ4n) is 14.7. The van der Waals surface area contributed by atoms with Crippen LogP contribution in [-0.2, 0) is 86.4 Å². The Balaban J connectivity index is 1.82. The number of aliphatic carboxylic acids is 1. The van der Waals surface area contributed by atoms with Crippen LogP contribution in [0, 0.1) is 27.0 Å². The Morgan fingerprint density at radius 2 is 0.799 bits per heavy atom. The van der Waals surface area contributed by atoms with E-state index in [4.69, 9.17) is 78.6 Å². The van der Waals surface area contributed by atoms with Crippen molar-refractivity contribution < 1.29 is 87.2 Å². The van der Waals surface area contributed by atoms with E-state index in [-0.39, 0.29) is 204 Å². The molecule has 53 heteroatoms. The molecule has 15 amide bonds. The Bertz CT molecular complexity index is 4590. The summed E-state index contributed by atoms with van der Waals surface area (Å²) in [5.74, 6) is -18.3. The number of aromatic hydroxyl groups is 2. The molecule has 3 aromatic rings. The highest BCUT2D eigenvalue weighted by molar-refractivity contribution is 8.76. The van der Waals surface area contributed by atoms with Gasteiger partial charge in [0.15, 0.2) is 29.8 Å². The van der Waals surface area contributed by atoms with E-state index in [0.29, 0.717) is 24.0 Å². The standard InChI is InChI=1S/C86H139N33O18S2/c87-34-6-4-18-54-70(125)112-59(19-5-7-35-88)79(134)119-42-14-25-66(119)78(133)116-63(45-50-28-32-52(121)33-29-50)74(129)111-57(22-11-39-104-84(96)97)69(124)109-58(23-12-41-106-86(100)137)72(127)117-64(76(131)113-60(80(135)136)24-13-40-105-85(98)99)46-138-139-47-65(77(132)115-62(44-49-26-30-51(120)31-27-49)73(128)110-56(68(123)108-54)21-10-38-103-83(94)95)118-75(130)61(43-48-15-2-1-3-16-48)114-71(126)55(20-9-37-102-82(92)93)107-67(122)53(89)17-8-36-101-81(90)91/h1-3,15-16,26-33,53-66,120-121H,4-14,17-25,34-47,87-89H2,(H,107,122)(H,108,123)(H,109,124)(H,110,128)(H,111,129)(H,112,125)(H,113,131)(H,114,126)(H,115,132)(H,116,133)(H,117,127)(H,118,130)(H,135,136)(H4,90,91,101)(H4,92,93,102)(H4,94,95,103)(H4,96,97,104)(H4,98,99,105)(H3,100,106,137)/t53-,54-,55-,56-,57-,58-,59+,60-,61-,62-,63-,64-,65-,66-/m0/s1. The quantitative estimate of drug-likeness (QED) is 0.0108. The lowest BCUT2D eigenvalue weighted by Crippen LogP contribution is -2.61. The molecule has 0 spiro atoms. The van der Waals surface area contributed by atoms with Crippen LogP contribution in [0.3, 0.4) is 0 Å². The highest BCUT2D eigenvalue weighted by Crippen LogP contribution is 2.26. The van der Waals surface area contributed by atoms with E-state index < -0.39 is 222 Å². The predicted octanol–water partition coefficient (Wildman–Crippen LogP) is -7.24. The minimum absolute atomic E-state index is 0.0140. The number of primary amides is 1. The number of rotatable bonds is 47. The van der Waals surface area contributed by atoms with E-state index in [1.54, 1.807) is 30.3 Å². The van der Waals surface area contributed by atoms with Crippen LogP contribution in [-0.4, -0.2) is 294 Å². The van der Waals surface area contributed by atoms with Gasteiger partial charge in [0.05, 0.1) is 6.04 Å². The number of nitrogens with two attached hydrogens (primary N) is 9. The number of urea groups is 1. The van der Waals surface area contributed by atoms with Crippen molar-refractivity contribution in [2.45, 2.75) is 232 Å². The third kappa shape index (κ3) is 44.8. The van der Waals surface area contributed by atoms with Gasteiger partial charge in [-0.1, -0.05) is 76.2 Å². The number of hydrogen-bond donors (Lipinski definition) is 35. The lowest BCUT2D eigenvalue weighted by molar-refractivity contribution is -0.142. The average Bonchev–Trinajstić information content (AvgIpc) is 1.71. The van der Waals surface area contributed by atoms with Crippen molar-refractivity contribution in [1.82, 2.24) is 101 Å². The van der Waals surface area contributed by atoms with E-state index in [1.807, 2.05) is 0 Å². The van der Waals surface area contributed by atoms with Crippen LogP contribution in [0.1, 0.15) is 145 Å². The molecule has 44 N–H and O–H groups in total. The second-order valence-corrected chi connectivity index (χ2v) is 35.8. The second kappa shape index (κ2) is 62.7. The summed E-state index contributed by atoms with van der Waals surface area (Å²) in [5.41, 5.74) is 52.6. The Morgan fingerprint density at radius 1 is 0.410 bits per heavy atom. The van der Waals surface area contributed by atoms with Gasteiger partial charge < -0.3 is 168 Å². The number of carbonyl (C=O) groups is 15. The largest absolute Gasteiger partial charge is 0.508 e. The molecule has 0 bridgehead atoms. The molecule has 51 nitrogen and oxygen atoms in total. The smallest absolute Gasteiger partial charge is 0.326 e. The number of benzene rings is 3. The number of nitrogens with zero attached hydrogens (tertiary/aromatic N) is 1. The van der Waals surface area contributed by atoms with Gasteiger partial charge in [-0.3, -0.25) is 89.4 Å². The first-order valence-electron chi connectivity index (χ1n) is 45.9. The molecular formula is C86H139N33O18S2. The number of carbonyl (C=O) groups excluding carboxylic acids is 14. The normalized spacial score (nSPS) is 20.4. The monoisotopic (exact) mass is 1990 g/mol. The number of unbranched alkanes of at least 4 members (excludes halogenated alkanes) is 2. The molecule has 2 saturated heterocycles. The molecule has 139 heavy (non-hydrogen) atoms. The topological polar surface area (TPSA) is 890 Å². The molecule has 14 atom stereocenters. The summed E-state index contributed by atoms with van der Waals surface area (Å²) in [6.07, 6.45) is -1.29. The molecule has 3 aromatic carbocycles. The molecule has 0 unspecified atom stereocenters. The zero-order valence-corrected chi connectivity index (χ0v) is 79.2. The van der Waals surface area contributed by atoms with Crippen LogP contribution < -0.4 is 147 Å². The number of fused-ring (bicyclic) bond motifs is 1. The van der Waals surface area contributed by atoms with Crippen LogP contribution in [0.2, 0.25) is 0 Å². The van der Waals surface area contributed by atoms with Crippen molar-refractivity contribution in [3.05, 3.63) is 95.6 Å². The summed E-state index contributed by atoms with van der Waals surface area (Å²) in [5, 5.41) is 118. The zero-order valence-electron chi connectivity index (χ0n) is 77.6. The Labute approximate surface area is 812 Å². The van der Waals surface area contributed by atoms with Crippen LogP contribution in [0.15, 0.2) is 78.9 Å². The summed E-state index contributed by atoms with van der Waals surface area (Å²) >= 11 is 0. The van der Waals surface area contributed by atoms with E-state index in [0.717, 1.165) is 21.6 Å². The van der Waals surface area contributed by atoms with E-state index in [1.165, 1.54) is 53.4 Å². The summed E-state index contributed by atoms with van der Waals surface area (Å²) in [6.45, 7) is -0.0130. The van der Waals surface area contributed by atoms with E-state index in [2.05, 4.69) is 95.7 Å². The van der Waals surface area contributed by atoms with Gasteiger partial charge in [-0.05, 0) is 182 Å². The van der Waals surface area contributed by atoms with Gasteiger partial charge in [-0.2, -0.15) is 0 Å². The molecule has 0 aromatic heterocycles. The number of carboxylic acids is 1. The Kier molecular flexibility index (Phi) is 52.1. The molecule has 0 radical (unpaired) electrons. The predicted molar refractivity (Wildman–Crippen MR) is 521 cm³/mol. The van der Waals surface area contributed by atoms with Crippen LogP contribution >= 0.6 is 21.6 Å². The molecule has 2 aliphatic rings. The van der Waals surface area contributed by atoms with Gasteiger partial charge in [0, 0.05) is 76.6 Å². The van der Waals surface area contributed by atoms with E-state index >= 15 is 52.7 Å². The van der Waals surface area contributed by atoms with Gasteiger partial charge in [0.1, 0.15) is 90.0 Å². The minimum atomic E-state index is -1.89. The van der Waals surface area contributed by atoms with Gasteiger partial charge in [-0.15, -0.1) is 0 Å². The maximum atomic E-state index is 15.9. The number of carboxylic acid groups (broad SMARTS) is 1. The van der Waals surface area contributed by atoms with Crippen molar-refractivity contribution in [2.75, 3.05) is 70.4 Å². The Hall–Kier alpha value is -14.0. The zero-order chi connectivity index (χ0) is 102. The SMILES string of the molecule is N=C(N)NCCC[C@H](NC(=O)[C@@H]1CSSC[C@H](NC(=O)[C@H](Cc2ccccc2)NC(=O)[C@H](CCCNC(=N)N)NC(=O)[C@@H](N)CCCNC(=N)N)C(=O)N[C@@H](Cc2ccc(O)cc2)C(=O)N[C@@H](CCCNC(=N)N)C(=O)N[C@@H](CCCCN)C(=O)N[C@H](CCCCN)C(=O)N2CCC[C@H]2C(=O)N[C@@H](Cc2ccc(O)cc2)C(=O)N[C@@H](CCCNC(=N)N)C(=O)N[C@@H](CCCNC(N)=O)C(=O)N1)C(=O)O. The molecule has 0 saturated carbocycles. The summed E-state index contributed by atoms with van der Waals surface area (Å²) < 4.78 is 0. The lowest BCUT2D eigenvalue weighted by Gasteiger charge is -2.31. The van der Waals surface area contributed by atoms with Crippen molar-refractivity contribution in [3.63, 3.8) is 0 Å². The van der Waals surface area contributed by atoms with Gasteiger partial charge in [-0.25, -0.2) is 9.59 Å². The lowest BCUT2D eigenvalue weighted by atomic mass is 10.0. The van der Waals surface area contributed by atoms with Crippen LogP contribution in [0.4, 0.5) is 4.79 Å². The first-order valence-corrected chi connectivity index (χ1v) is 48.4. The molecular weight excluding hydrogens is 1850 g/mol. The number of nitrogens with one attached hydrogen (secondary N) is 23. The minimum Gasteiger partial charge on any atom is -0.508 e. The highest BCUT2D eigenvalue weighted by Gasteiger charge is 2.42. The highest BCUT2D eigenvalue weighted by atomic mass is 33.1. The number of amides is 15. The maximum absolute atomic E-state index is 15.9. The molecule has 5 rings (SSSR count). The number of phenols is 2. The van der Waals surface area contributed by atoms with Crippen molar-refractivity contribution in [2.24, 2.45) is 51.6 Å². The Morgan fingerprint density at radius 3 is 1.25 bits per heavy atom. The summed E-state index contributed by atoms with van der Waals surface area (Å²) in [7, 11) is 1.47. The van der Waals surface area contributed by atoms with Crippen LogP contribution in [0.25, 0.3) is 0 Å². The molecule has 2 fully saturated rings. The van der Waals surface area contributed by atoms with Crippen molar-refractivity contribution in [3.8, 4) is 11.5 Å². The summed E-state index contributed by atoms with van der Waals surface area (Å²) in [6, 6.07) is -4.53. The maximum Gasteiger partial charge on any atom is 0.326 e. The summed E-state index contributed by atoms with van der Waals surface area (Å²) in [4.78, 5) is 224. The first kappa shape index (κ1) is 116. The van der Waals surface area contributed by atoms with E-state index in [9.17, 15) is 34.5 Å². The average molecular weight is 1990 g/mol. The second-order valence-electron chi connectivity index (χ2n) is 33.3. The van der Waals surface area contributed by atoms with Gasteiger partial charge >= 0.3 is 12.0 Å². The van der Waals surface area contributed by atoms with Crippen molar-refractivity contribution in [1.29, 1.82) is 27.0 Å². The molecule has 768 valence electrons. The van der Waals surface area contributed by atoms with Gasteiger partial charge in [0.2, 0.25) is 76.8 Å². The molecule has 2 heterocycles. The number of phenolic OH excluding ortho intramolecular Hbond substituents is 2. The third-order valence-electron chi connectivity index (χ3n) is 22.1. The first-order chi connectivity index (χ1) is 66.2. The number of hydrogen-bond acceptors (Lipinski definition) is 27. The number of guanidine groups is 5. The molecule has 0 aliphatic carbocycles. The van der Waals surface area contributed by atoms with Gasteiger partial charge in [0.25, 0.3) is 0 Å². The fraction of sp³-hybridized carbons (Fsp3) is 0.558.